The van der Waals surface area contributed by atoms with Crippen molar-refractivity contribution in [3.8, 4) is 0 Å². The number of rotatable bonds is 9. The first-order valence-electron chi connectivity index (χ1n) is 18.9. The predicted octanol–water partition coefficient (Wildman–Crippen LogP) is 13.3. The van der Waals surface area contributed by atoms with E-state index in [1.807, 2.05) is 58.2 Å². The summed E-state index contributed by atoms with van der Waals surface area (Å²) in [5.74, 6) is 0.547. The molecule has 0 bridgehead atoms. The summed E-state index contributed by atoms with van der Waals surface area (Å²) in [6.45, 7) is 17.0. The van der Waals surface area contributed by atoms with Crippen LogP contribution >= 0.6 is 0 Å². The fourth-order valence-electron chi connectivity index (χ4n) is 8.25. The van der Waals surface area contributed by atoms with Crippen molar-refractivity contribution in [2.24, 2.45) is 17.3 Å². The van der Waals surface area contributed by atoms with Crippen molar-refractivity contribution in [2.45, 2.75) is 101 Å². The second-order valence-corrected chi connectivity index (χ2v) is 15.4. The molecule has 0 fully saturated rings. The van der Waals surface area contributed by atoms with Crippen molar-refractivity contribution in [1.29, 1.82) is 0 Å². The Labute approximate surface area is 329 Å². The van der Waals surface area contributed by atoms with E-state index in [0.717, 1.165) is 91.0 Å². The number of pyridine rings is 2. The summed E-state index contributed by atoms with van der Waals surface area (Å²) in [4.78, 5) is 16.6. The molecule has 1 radical (unpaired) electrons. The van der Waals surface area contributed by atoms with Gasteiger partial charge in [-0.15, -0.1) is 17.5 Å². The zero-order chi connectivity index (χ0) is 38.6. The monoisotopic (exact) mass is 912 g/mol. The summed E-state index contributed by atoms with van der Waals surface area (Å²) in [7, 11) is 0. The number of carbonyl (C=O) groups excluding carboxylic acids is 1. The minimum Gasteiger partial charge on any atom is -0.512 e. The molecular weight excluding hydrogens is 862 g/mol. The van der Waals surface area contributed by atoms with E-state index in [2.05, 4.69) is 55.5 Å². The molecule has 0 unspecified atom stereocenters. The van der Waals surface area contributed by atoms with Crippen LogP contribution in [0.2, 0.25) is 0 Å². The topological polar surface area (TPSA) is 54.6 Å². The second-order valence-electron chi connectivity index (χ2n) is 15.4. The Morgan fingerprint density at radius 1 is 0.870 bits per heavy atom. The molecule has 0 saturated carbocycles. The van der Waals surface area contributed by atoms with Gasteiger partial charge in [0.2, 0.25) is 0 Å². The number of hydrogen-bond donors (Lipinski definition) is 1. The molecule has 0 spiro atoms. The number of aliphatic hydroxyl groups is 1. The Morgan fingerprint density at radius 3 is 2.15 bits per heavy atom. The van der Waals surface area contributed by atoms with Crippen LogP contribution in [0.1, 0.15) is 89.5 Å². The molecule has 0 aliphatic heterocycles. The van der Waals surface area contributed by atoms with Gasteiger partial charge < -0.3 is 9.51 Å². The first-order chi connectivity index (χ1) is 25.1. The Hall–Kier alpha value is -4.00. The molecule has 0 aliphatic rings. The summed E-state index contributed by atoms with van der Waals surface area (Å²) in [6, 6.07) is 20.1. The molecule has 4 aromatic carbocycles. The second kappa shape index (κ2) is 15.6. The largest absolute Gasteiger partial charge is 0.512 e. The Kier molecular flexibility index (Phi) is 11.9. The summed E-state index contributed by atoms with van der Waals surface area (Å²) in [5, 5.41) is 17.2. The first-order valence-corrected chi connectivity index (χ1v) is 18.9. The number of aromatic nitrogens is 2. The van der Waals surface area contributed by atoms with Crippen LogP contribution in [-0.4, -0.2) is 26.5 Å². The number of nitrogens with zero attached hydrogens (tertiary/aromatic N) is 2. The third kappa shape index (κ3) is 7.12. The number of hydrogen-bond acceptors (Lipinski definition) is 3. The molecule has 287 valence electrons. The zero-order valence-electron chi connectivity index (χ0n) is 32.7. The van der Waals surface area contributed by atoms with Crippen molar-refractivity contribution in [2.75, 3.05) is 0 Å². The van der Waals surface area contributed by atoms with Crippen LogP contribution in [0, 0.1) is 44.1 Å². The van der Waals surface area contributed by atoms with Gasteiger partial charge in [0.25, 0.3) is 0 Å². The van der Waals surface area contributed by atoms with E-state index in [-0.39, 0.29) is 49.9 Å². The smallest absolute Gasteiger partial charge is 0.394 e. The number of aliphatic hydroxyl groups excluding tert-OH is 1. The van der Waals surface area contributed by atoms with Crippen molar-refractivity contribution in [1.82, 2.24) is 9.38 Å². The van der Waals surface area contributed by atoms with Gasteiger partial charge in [-0.2, -0.15) is 13.2 Å². The molecule has 0 saturated heterocycles. The maximum atomic E-state index is 13.8. The molecule has 3 aromatic heterocycles. The van der Waals surface area contributed by atoms with Crippen LogP contribution < -0.4 is 0 Å². The minimum absolute atomic E-state index is 0. The van der Waals surface area contributed by atoms with E-state index >= 15 is 0 Å². The number of allylic oxidation sites excluding steroid dienone is 2. The summed E-state index contributed by atoms with van der Waals surface area (Å²) < 4.78 is 43.6. The molecule has 1 N–H and O–H groups in total. The van der Waals surface area contributed by atoms with Crippen molar-refractivity contribution >= 4 is 65.6 Å². The van der Waals surface area contributed by atoms with Gasteiger partial charge in [0.1, 0.15) is 0 Å². The molecule has 54 heavy (non-hydrogen) atoms. The predicted molar refractivity (Wildman–Crippen MR) is 214 cm³/mol. The molecular formula is C46H50F3IrN2O2-. The van der Waals surface area contributed by atoms with Gasteiger partial charge in [-0.05, 0) is 79.9 Å². The van der Waals surface area contributed by atoms with E-state index in [0.29, 0.717) is 5.56 Å². The van der Waals surface area contributed by atoms with Crippen molar-refractivity contribution < 1.29 is 43.2 Å². The van der Waals surface area contributed by atoms with E-state index in [1.165, 1.54) is 31.1 Å². The van der Waals surface area contributed by atoms with E-state index < -0.39 is 11.6 Å². The van der Waals surface area contributed by atoms with Gasteiger partial charge in [-0.3, -0.25) is 9.78 Å². The summed E-state index contributed by atoms with van der Waals surface area (Å²) >= 11 is 0. The number of fused-ring (bicyclic) bond motifs is 7. The number of benzene rings is 4. The van der Waals surface area contributed by atoms with Gasteiger partial charge in [0.15, 0.2) is 5.78 Å². The van der Waals surface area contributed by atoms with Crippen LogP contribution in [0.25, 0.3) is 59.8 Å². The Morgan fingerprint density at radius 2 is 1.52 bits per heavy atom. The molecule has 7 aromatic rings. The van der Waals surface area contributed by atoms with Crippen LogP contribution in [0.3, 0.4) is 0 Å². The maximum absolute atomic E-state index is 13.8. The number of alkyl halides is 3. The first kappa shape index (κ1) is 41.2. The maximum Gasteiger partial charge on any atom is 0.394 e. The van der Waals surface area contributed by atoms with Crippen molar-refractivity contribution in [3.63, 3.8) is 0 Å². The van der Waals surface area contributed by atoms with Gasteiger partial charge in [0.05, 0.1) is 11.2 Å². The van der Waals surface area contributed by atoms with Crippen LogP contribution in [0.15, 0.2) is 66.6 Å². The number of carbonyl (C=O) groups is 1. The molecule has 3 heterocycles. The molecule has 4 nitrogen and oxygen atoms in total. The fourth-order valence-corrected chi connectivity index (χ4v) is 8.25. The minimum atomic E-state index is -4.29. The average Bonchev–Trinajstić information content (AvgIpc) is 3.42. The molecule has 0 amide bonds. The van der Waals surface area contributed by atoms with Gasteiger partial charge in [-0.25, -0.2) is 0 Å². The number of aryl methyl sites for hydroxylation is 3. The van der Waals surface area contributed by atoms with Gasteiger partial charge >= 0.3 is 6.18 Å². The molecule has 8 heteroatoms. The average molecular weight is 912 g/mol. The van der Waals surface area contributed by atoms with Crippen molar-refractivity contribution in [3.05, 3.63) is 94.9 Å². The fraction of sp³-hybridized carbons (Fsp3) is 0.391. The molecule has 0 aliphatic carbocycles. The van der Waals surface area contributed by atoms with E-state index in [1.54, 1.807) is 0 Å². The van der Waals surface area contributed by atoms with Crippen LogP contribution in [0.4, 0.5) is 13.2 Å². The Bertz CT molecular complexity index is 2520. The Balaban J connectivity index is 0.000000301. The third-order valence-electron chi connectivity index (χ3n) is 11.4. The molecule has 0 atom stereocenters. The van der Waals surface area contributed by atoms with Crippen LogP contribution in [-0.2, 0) is 31.3 Å². The van der Waals surface area contributed by atoms with E-state index in [9.17, 15) is 23.1 Å². The number of ketones is 1. The zero-order valence-corrected chi connectivity index (χ0v) is 35.1. The quantitative estimate of drug-likeness (QED) is 0.0516. The van der Waals surface area contributed by atoms with Gasteiger partial charge in [-0.1, -0.05) is 106 Å². The summed E-state index contributed by atoms with van der Waals surface area (Å²) in [5.41, 5.74) is 6.21. The molecule has 7 rings (SSSR count). The third-order valence-corrected chi connectivity index (χ3v) is 11.4. The standard InChI is InChI=1S/C33H26F3N2.C13H24O2.Ir/c1-17-12-18(2)27-19(3)30-25(15-22(27)13-17)29-28-21(10-11-37-29)7-9-24-23-8-6-20(14-26(23)38(30)31(24)28)16-32(4,5)33(34,35)36;1-5-10(6-2)12(14)9-13(15)11(7-3)8-4;/h6-14H,16H2,1-5H3;9-11,14H,5-8H2,1-4H3;/q-1;;/b;12-9-;. The normalized spacial score (nSPS) is 12.9. The number of halogens is 3. The van der Waals surface area contributed by atoms with Crippen LogP contribution in [0.5, 0.6) is 0 Å². The van der Waals surface area contributed by atoms with E-state index in [4.69, 9.17) is 4.98 Å². The van der Waals surface area contributed by atoms with Gasteiger partial charge in [0, 0.05) is 71.5 Å². The summed E-state index contributed by atoms with van der Waals surface area (Å²) in [6.07, 6.45) is 2.38. The SMILES string of the molecule is CCC(CC)C(=O)/C=C(\O)C(CC)CC.Cc1cc(C)c2c(C)c3c([c-]c2c1)c1nccc2ccc4c5ccc(CC(C)(C)C(F)(F)F)cc5n3c4c21.[Ir].